The first-order valence-corrected chi connectivity index (χ1v) is 9.59. The molecule has 0 bridgehead atoms. The first kappa shape index (κ1) is 17.5. The minimum Gasteiger partial charge on any atom is -0.497 e. The monoisotopic (exact) mass is 385 g/mol. The second-order valence-corrected chi connectivity index (χ2v) is 7.27. The van der Waals surface area contributed by atoms with E-state index in [1.807, 2.05) is 46.7 Å². The minimum atomic E-state index is -0.619. The standard InChI is InChI=1S/C19H19N3O4S/c1-25-14-8-6-13(7-9-14)15-4-2-10-21(15)17(23)12-22-19(24)26-18(20-22)16-5-3-11-27-16/h3,5-9,11,15H,2,4,10,12H2,1H3. The van der Waals surface area contributed by atoms with E-state index >= 15 is 0 Å². The Labute approximate surface area is 159 Å². The molecule has 8 heteroatoms. The van der Waals surface area contributed by atoms with Crippen LogP contribution < -0.4 is 10.5 Å². The van der Waals surface area contributed by atoms with Crippen LogP contribution in [0.3, 0.4) is 0 Å². The molecule has 0 spiro atoms. The number of carbonyl (C=O) groups excluding carboxylic acids is 1. The maximum absolute atomic E-state index is 12.8. The van der Waals surface area contributed by atoms with E-state index in [2.05, 4.69) is 5.10 Å². The molecule has 27 heavy (non-hydrogen) atoms. The molecule has 0 N–H and O–H groups in total. The average Bonchev–Trinajstić information content (AvgIpc) is 3.43. The van der Waals surface area contributed by atoms with Gasteiger partial charge < -0.3 is 14.1 Å². The van der Waals surface area contributed by atoms with Crippen LogP contribution in [0.2, 0.25) is 0 Å². The molecule has 1 amide bonds. The Morgan fingerprint density at radius 3 is 2.85 bits per heavy atom. The molecule has 1 aromatic carbocycles. The summed E-state index contributed by atoms with van der Waals surface area (Å²) < 4.78 is 11.5. The zero-order valence-electron chi connectivity index (χ0n) is 14.8. The number of thiophene rings is 1. The lowest BCUT2D eigenvalue weighted by atomic mass is 10.0. The Hall–Kier alpha value is -2.87. The number of amides is 1. The Bertz CT molecular complexity index is 975. The Morgan fingerprint density at radius 2 is 2.15 bits per heavy atom. The molecule has 0 aliphatic carbocycles. The second-order valence-electron chi connectivity index (χ2n) is 6.33. The lowest BCUT2D eigenvalue weighted by Crippen LogP contribution is -2.35. The van der Waals surface area contributed by atoms with Crippen LogP contribution in [-0.2, 0) is 11.3 Å². The molecule has 140 valence electrons. The Kier molecular flexibility index (Phi) is 4.81. The maximum Gasteiger partial charge on any atom is 0.437 e. The topological polar surface area (TPSA) is 77.6 Å². The molecule has 1 aliphatic rings. The number of benzene rings is 1. The predicted octanol–water partition coefficient (Wildman–Crippen LogP) is 2.94. The summed E-state index contributed by atoms with van der Waals surface area (Å²) >= 11 is 1.43. The smallest absolute Gasteiger partial charge is 0.437 e. The fraction of sp³-hybridized carbons (Fsp3) is 0.316. The van der Waals surface area contributed by atoms with Gasteiger partial charge in [-0.05, 0) is 42.0 Å². The van der Waals surface area contributed by atoms with Gasteiger partial charge in [-0.25, -0.2) is 4.79 Å². The van der Waals surface area contributed by atoms with Crippen LogP contribution in [0.25, 0.3) is 10.8 Å². The molecule has 1 aliphatic heterocycles. The second kappa shape index (κ2) is 7.40. The average molecular weight is 385 g/mol. The van der Waals surface area contributed by atoms with Crippen molar-refractivity contribution >= 4 is 17.2 Å². The van der Waals surface area contributed by atoms with Crippen molar-refractivity contribution in [2.75, 3.05) is 13.7 Å². The van der Waals surface area contributed by atoms with Crippen molar-refractivity contribution in [3.8, 4) is 16.5 Å². The number of likely N-dealkylation sites (tertiary alicyclic amines) is 1. The van der Waals surface area contributed by atoms with Gasteiger partial charge in [0.15, 0.2) is 0 Å². The van der Waals surface area contributed by atoms with Crippen LogP contribution in [-0.4, -0.2) is 34.2 Å². The van der Waals surface area contributed by atoms with Crippen LogP contribution in [0.4, 0.5) is 0 Å². The third-order valence-electron chi connectivity index (χ3n) is 4.70. The molecule has 0 saturated carbocycles. The van der Waals surface area contributed by atoms with E-state index in [4.69, 9.17) is 9.15 Å². The van der Waals surface area contributed by atoms with Crippen LogP contribution in [0, 0.1) is 0 Å². The van der Waals surface area contributed by atoms with Gasteiger partial charge in [0.25, 0.3) is 5.89 Å². The van der Waals surface area contributed by atoms with Gasteiger partial charge in [-0.3, -0.25) is 4.79 Å². The van der Waals surface area contributed by atoms with E-state index in [1.165, 1.54) is 11.3 Å². The van der Waals surface area contributed by atoms with E-state index in [9.17, 15) is 9.59 Å². The van der Waals surface area contributed by atoms with E-state index < -0.39 is 5.76 Å². The quantitative estimate of drug-likeness (QED) is 0.675. The highest BCUT2D eigenvalue weighted by Crippen LogP contribution is 2.33. The summed E-state index contributed by atoms with van der Waals surface area (Å²) in [5.74, 6) is 0.272. The van der Waals surface area contributed by atoms with E-state index in [0.29, 0.717) is 6.54 Å². The number of ether oxygens (including phenoxy) is 1. The van der Waals surface area contributed by atoms with Gasteiger partial charge >= 0.3 is 5.76 Å². The lowest BCUT2D eigenvalue weighted by Gasteiger charge is -2.25. The van der Waals surface area contributed by atoms with Gasteiger partial charge in [-0.15, -0.1) is 16.4 Å². The molecule has 1 saturated heterocycles. The summed E-state index contributed by atoms with van der Waals surface area (Å²) in [5.41, 5.74) is 1.06. The molecule has 1 atom stereocenters. The van der Waals surface area contributed by atoms with Crippen molar-refractivity contribution in [3.63, 3.8) is 0 Å². The van der Waals surface area contributed by atoms with Crippen LogP contribution in [0.5, 0.6) is 5.75 Å². The summed E-state index contributed by atoms with van der Waals surface area (Å²) in [6.07, 6.45) is 1.82. The molecule has 2 aromatic heterocycles. The van der Waals surface area contributed by atoms with Gasteiger partial charge in [0.05, 0.1) is 18.0 Å². The highest BCUT2D eigenvalue weighted by atomic mass is 32.1. The van der Waals surface area contributed by atoms with E-state index in [-0.39, 0.29) is 24.4 Å². The maximum atomic E-state index is 12.8. The van der Waals surface area contributed by atoms with Gasteiger partial charge in [0.2, 0.25) is 5.91 Å². The number of aromatic nitrogens is 2. The van der Waals surface area contributed by atoms with Gasteiger partial charge in [0, 0.05) is 6.54 Å². The highest BCUT2D eigenvalue weighted by molar-refractivity contribution is 7.13. The normalized spacial score (nSPS) is 16.6. The molecular formula is C19H19N3O4S. The number of nitrogens with zero attached hydrogens (tertiary/aromatic N) is 3. The van der Waals surface area contributed by atoms with Crippen molar-refractivity contribution in [2.45, 2.75) is 25.4 Å². The molecule has 0 radical (unpaired) electrons. The summed E-state index contributed by atoms with van der Waals surface area (Å²) in [5, 5.41) is 6.05. The predicted molar refractivity (Wildman–Crippen MR) is 101 cm³/mol. The number of hydrogen-bond acceptors (Lipinski definition) is 6. The molecule has 7 nitrogen and oxygen atoms in total. The van der Waals surface area contributed by atoms with Gasteiger partial charge in [-0.2, -0.15) is 4.68 Å². The fourth-order valence-corrected chi connectivity index (χ4v) is 4.01. The number of carbonyl (C=O) groups is 1. The molecule has 1 fully saturated rings. The molecule has 3 aromatic rings. The van der Waals surface area contributed by atoms with Gasteiger partial charge in [0.1, 0.15) is 12.3 Å². The fourth-order valence-electron chi connectivity index (χ4n) is 3.36. The van der Waals surface area contributed by atoms with E-state index in [0.717, 1.165) is 33.7 Å². The van der Waals surface area contributed by atoms with Crippen LogP contribution in [0.15, 0.2) is 51.0 Å². The first-order chi connectivity index (χ1) is 13.2. The number of hydrogen-bond donors (Lipinski definition) is 0. The van der Waals surface area contributed by atoms with Crippen molar-refractivity contribution in [1.82, 2.24) is 14.7 Å². The molecule has 1 unspecified atom stereocenters. The van der Waals surface area contributed by atoms with Crippen molar-refractivity contribution in [3.05, 3.63) is 57.9 Å². The van der Waals surface area contributed by atoms with Crippen molar-refractivity contribution < 1.29 is 13.9 Å². The van der Waals surface area contributed by atoms with E-state index in [1.54, 1.807) is 7.11 Å². The minimum absolute atomic E-state index is 0.00257. The largest absolute Gasteiger partial charge is 0.497 e. The van der Waals surface area contributed by atoms with Gasteiger partial charge in [-0.1, -0.05) is 18.2 Å². The third-order valence-corrected chi connectivity index (χ3v) is 5.55. The zero-order valence-corrected chi connectivity index (χ0v) is 15.6. The summed E-state index contributed by atoms with van der Waals surface area (Å²) in [7, 11) is 1.63. The SMILES string of the molecule is COc1ccc(C2CCCN2C(=O)Cn2nc(-c3cccs3)oc2=O)cc1. The first-order valence-electron chi connectivity index (χ1n) is 8.71. The lowest BCUT2D eigenvalue weighted by molar-refractivity contribution is -0.133. The summed E-state index contributed by atoms with van der Waals surface area (Å²) in [6.45, 7) is 0.542. The number of methoxy groups -OCH3 is 1. The Morgan fingerprint density at radius 1 is 1.33 bits per heavy atom. The number of rotatable bonds is 5. The highest BCUT2D eigenvalue weighted by Gasteiger charge is 2.30. The van der Waals surface area contributed by atoms with Crippen LogP contribution in [0.1, 0.15) is 24.4 Å². The van der Waals surface area contributed by atoms with Crippen molar-refractivity contribution in [1.29, 1.82) is 0 Å². The molecule has 4 rings (SSSR count). The van der Waals surface area contributed by atoms with Crippen molar-refractivity contribution in [2.24, 2.45) is 0 Å². The third kappa shape index (κ3) is 3.52. The summed E-state index contributed by atoms with van der Waals surface area (Å²) in [6, 6.07) is 11.4. The summed E-state index contributed by atoms with van der Waals surface area (Å²) in [4.78, 5) is 27.5. The zero-order chi connectivity index (χ0) is 18.8. The molecular weight excluding hydrogens is 366 g/mol. The molecule has 3 heterocycles. The Balaban J connectivity index is 1.51. The van der Waals surface area contributed by atoms with Crippen LogP contribution >= 0.6 is 11.3 Å².